The van der Waals surface area contributed by atoms with Crippen LogP contribution in [0.25, 0.3) is 0 Å². The summed E-state index contributed by atoms with van der Waals surface area (Å²) in [4.78, 5) is 1.93. The summed E-state index contributed by atoms with van der Waals surface area (Å²) in [5.41, 5.74) is 7.51. The Hall–Kier alpha value is -1.65. The first-order valence-corrected chi connectivity index (χ1v) is 6.81. The van der Waals surface area contributed by atoms with E-state index in [1.807, 2.05) is 49.4 Å². The smallest absolute Gasteiger partial charge is 0.171 e. The third kappa shape index (κ3) is 3.43. The maximum Gasteiger partial charge on any atom is 0.171 e. The number of rotatable bonds is 3. The molecule has 3 N–H and O–H groups in total. The van der Waals surface area contributed by atoms with Crippen LogP contribution in [0.4, 0.5) is 0 Å². The van der Waals surface area contributed by atoms with Gasteiger partial charge < -0.3 is 10.9 Å². The molecule has 0 unspecified atom stereocenters. The van der Waals surface area contributed by atoms with E-state index in [1.165, 1.54) is 11.8 Å². The highest BCUT2D eigenvalue weighted by molar-refractivity contribution is 7.99. The average molecular weight is 293 g/mol. The van der Waals surface area contributed by atoms with Gasteiger partial charge in [-0.1, -0.05) is 40.7 Å². The second kappa shape index (κ2) is 5.99. The van der Waals surface area contributed by atoms with Crippen LogP contribution >= 0.6 is 23.4 Å². The van der Waals surface area contributed by atoms with Crippen molar-refractivity contribution >= 4 is 29.2 Å². The molecule has 0 bridgehead atoms. The van der Waals surface area contributed by atoms with E-state index in [2.05, 4.69) is 5.16 Å². The van der Waals surface area contributed by atoms with E-state index in [0.717, 1.165) is 15.4 Å². The molecule has 3 nitrogen and oxygen atoms in total. The van der Waals surface area contributed by atoms with E-state index in [-0.39, 0.29) is 5.84 Å². The van der Waals surface area contributed by atoms with Crippen molar-refractivity contribution in [3.05, 3.63) is 58.6 Å². The van der Waals surface area contributed by atoms with Gasteiger partial charge in [-0.25, -0.2) is 0 Å². The Bertz CT molecular complexity index is 629. The van der Waals surface area contributed by atoms with Crippen molar-refractivity contribution in [3.8, 4) is 0 Å². The largest absolute Gasteiger partial charge is 0.409 e. The molecule has 0 fully saturated rings. The zero-order chi connectivity index (χ0) is 13.8. The summed E-state index contributed by atoms with van der Waals surface area (Å²) in [6, 6.07) is 13.3. The van der Waals surface area contributed by atoms with Gasteiger partial charge in [-0.2, -0.15) is 0 Å². The van der Waals surface area contributed by atoms with Crippen LogP contribution in [0.1, 0.15) is 11.1 Å². The molecular weight excluding hydrogens is 280 g/mol. The van der Waals surface area contributed by atoms with Crippen molar-refractivity contribution < 1.29 is 5.21 Å². The molecule has 0 spiro atoms. The molecular formula is C14H13ClN2OS. The maximum absolute atomic E-state index is 8.82. The van der Waals surface area contributed by atoms with Gasteiger partial charge in [0.1, 0.15) is 0 Å². The molecule has 0 aliphatic heterocycles. The summed E-state index contributed by atoms with van der Waals surface area (Å²) < 4.78 is 0. The van der Waals surface area contributed by atoms with Gasteiger partial charge in [0, 0.05) is 20.4 Å². The zero-order valence-corrected chi connectivity index (χ0v) is 11.9. The van der Waals surface area contributed by atoms with Gasteiger partial charge in [-0.3, -0.25) is 0 Å². The molecule has 2 aromatic rings. The van der Waals surface area contributed by atoms with E-state index >= 15 is 0 Å². The van der Waals surface area contributed by atoms with Crippen molar-refractivity contribution in [1.29, 1.82) is 0 Å². The van der Waals surface area contributed by atoms with Crippen LogP contribution in [0.5, 0.6) is 0 Å². The molecule has 0 atom stereocenters. The molecule has 0 heterocycles. The summed E-state index contributed by atoms with van der Waals surface area (Å²) in [7, 11) is 0. The predicted octanol–water partition coefficient (Wildman–Crippen LogP) is 3.89. The Morgan fingerprint density at radius 3 is 2.74 bits per heavy atom. The van der Waals surface area contributed by atoms with Crippen LogP contribution in [-0.2, 0) is 0 Å². The monoisotopic (exact) mass is 292 g/mol. The van der Waals surface area contributed by atoms with Gasteiger partial charge in [-0.15, -0.1) is 0 Å². The van der Waals surface area contributed by atoms with E-state index in [1.54, 1.807) is 0 Å². The lowest BCUT2D eigenvalue weighted by atomic mass is 10.1. The van der Waals surface area contributed by atoms with Crippen molar-refractivity contribution in [1.82, 2.24) is 0 Å². The summed E-state index contributed by atoms with van der Waals surface area (Å²) >= 11 is 7.50. The molecule has 5 heteroatoms. The summed E-state index contributed by atoms with van der Waals surface area (Å²) in [5, 5.41) is 12.6. The van der Waals surface area contributed by atoms with Crippen LogP contribution < -0.4 is 5.73 Å². The van der Waals surface area contributed by atoms with Crippen LogP contribution in [0, 0.1) is 6.92 Å². The van der Waals surface area contributed by atoms with Crippen LogP contribution in [0.3, 0.4) is 0 Å². The van der Waals surface area contributed by atoms with Crippen LogP contribution in [0.15, 0.2) is 57.4 Å². The third-order valence-electron chi connectivity index (χ3n) is 2.54. The van der Waals surface area contributed by atoms with Gasteiger partial charge in [0.25, 0.3) is 0 Å². The zero-order valence-electron chi connectivity index (χ0n) is 10.3. The third-order valence-corrected chi connectivity index (χ3v) is 3.83. The summed E-state index contributed by atoms with van der Waals surface area (Å²) in [5.74, 6) is 0.101. The number of nitrogens with two attached hydrogens (primary N) is 1. The van der Waals surface area contributed by atoms with Gasteiger partial charge in [0.05, 0.1) is 0 Å². The lowest BCUT2D eigenvalue weighted by Crippen LogP contribution is -2.14. The highest BCUT2D eigenvalue weighted by atomic mass is 35.5. The fourth-order valence-corrected chi connectivity index (χ4v) is 3.01. The highest BCUT2D eigenvalue weighted by Crippen LogP contribution is 2.32. The molecule has 0 aliphatic rings. The molecule has 0 aliphatic carbocycles. The molecule has 19 heavy (non-hydrogen) atoms. The first-order valence-electron chi connectivity index (χ1n) is 5.62. The Kier molecular flexibility index (Phi) is 4.35. The summed E-state index contributed by atoms with van der Waals surface area (Å²) in [6.07, 6.45) is 0. The lowest BCUT2D eigenvalue weighted by molar-refractivity contribution is 0.318. The van der Waals surface area contributed by atoms with Crippen molar-refractivity contribution in [2.75, 3.05) is 0 Å². The standard InChI is InChI=1S/C14H13ClN2OS/c1-9-5-6-12(14(16)17-18)13(7-9)19-11-4-2-3-10(15)8-11/h2-8,18H,1H3,(H2,16,17). The van der Waals surface area contributed by atoms with Crippen LogP contribution in [0.2, 0.25) is 5.02 Å². The minimum absolute atomic E-state index is 0.101. The lowest BCUT2D eigenvalue weighted by Gasteiger charge is -2.09. The first kappa shape index (κ1) is 13.8. The molecule has 0 amide bonds. The van der Waals surface area contributed by atoms with Crippen LogP contribution in [-0.4, -0.2) is 11.0 Å². The van der Waals surface area contributed by atoms with Crippen molar-refractivity contribution in [2.24, 2.45) is 10.9 Å². The number of halogens is 1. The minimum Gasteiger partial charge on any atom is -0.409 e. The van der Waals surface area contributed by atoms with Crippen molar-refractivity contribution in [3.63, 3.8) is 0 Å². The fourth-order valence-electron chi connectivity index (χ4n) is 1.64. The molecule has 0 aromatic heterocycles. The molecule has 0 radical (unpaired) electrons. The average Bonchev–Trinajstić information content (AvgIpc) is 2.38. The first-order chi connectivity index (χ1) is 9.10. The minimum atomic E-state index is 0.101. The second-order valence-electron chi connectivity index (χ2n) is 4.04. The van der Waals surface area contributed by atoms with E-state index in [0.29, 0.717) is 10.6 Å². The molecule has 98 valence electrons. The van der Waals surface area contributed by atoms with Gasteiger partial charge >= 0.3 is 0 Å². The number of oxime groups is 1. The topological polar surface area (TPSA) is 58.6 Å². The van der Waals surface area contributed by atoms with E-state index < -0.39 is 0 Å². The Labute approximate surface area is 121 Å². The Balaban J connectivity index is 2.41. The number of hydrogen-bond donors (Lipinski definition) is 2. The molecule has 0 saturated heterocycles. The number of amidine groups is 1. The highest BCUT2D eigenvalue weighted by Gasteiger charge is 2.09. The van der Waals surface area contributed by atoms with E-state index in [4.69, 9.17) is 22.5 Å². The maximum atomic E-state index is 8.82. The number of benzene rings is 2. The van der Waals surface area contributed by atoms with Crippen molar-refractivity contribution in [2.45, 2.75) is 16.7 Å². The second-order valence-corrected chi connectivity index (χ2v) is 5.60. The Morgan fingerprint density at radius 2 is 2.05 bits per heavy atom. The number of hydrogen-bond acceptors (Lipinski definition) is 3. The summed E-state index contributed by atoms with van der Waals surface area (Å²) in [6.45, 7) is 2.00. The molecule has 2 rings (SSSR count). The van der Waals surface area contributed by atoms with Gasteiger partial charge in [0.15, 0.2) is 5.84 Å². The quantitative estimate of drug-likeness (QED) is 0.390. The Morgan fingerprint density at radius 1 is 1.26 bits per heavy atom. The molecule has 2 aromatic carbocycles. The SMILES string of the molecule is Cc1ccc(C(N)=NO)c(Sc2cccc(Cl)c2)c1. The molecule has 0 saturated carbocycles. The normalized spacial score (nSPS) is 11.6. The predicted molar refractivity (Wildman–Crippen MR) is 79.3 cm³/mol. The van der Waals surface area contributed by atoms with Gasteiger partial charge in [0.2, 0.25) is 0 Å². The van der Waals surface area contributed by atoms with E-state index in [9.17, 15) is 0 Å². The van der Waals surface area contributed by atoms with Gasteiger partial charge in [-0.05, 0) is 42.8 Å². The fraction of sp³-hybridized carbons (Fsp3) is 0.0714. The number of aryl methyl sites for hydroxylation is 1. The number of nitrogens with zero attached hydrogens (tertiary/aromatic N) is 1.